The van der Waals surface area contributed by atoms with E-state index in [2.05, 4.69) is 10.6 Å². The number of nitrogens with two attached hydrogens (primary N) is 1. The van der Waals surface area contributed by atoms with Crippen molar-refractivity contribution in [1.82, 2.24) is 5.32 Å². The first-order chi connectivity index (χ1) is 10.0. The van der Waals surface area contributed by atoms with E-state index in [9.17, 15) is 4.79 Å². The Hall–Kier alpha value is -2.40. The summed E-state index contributed by atoms with van der Waals surface area (Å²) < 4.78 is 5.28. The van der Waals surface area contributed by atoms with E-state index in [-0.39, 0.29) is 5.91 Å². The minimum absolute atomic E-state index is 0.231. The second-order valence-electron chi connectivity index (χ2n) is 4.35. The standard InChI is InChI=1S/C15H16ClN3O2/c1-18-15(20)11-8-10(17)4-5-12(11)19-13-7-9(16)3-6-14(13)21-2/h3-8,19H,17H2,1-2H3,(H,18,20). The van der Waals surface area contributed by atoms with Crippen LogP contribution in [0.2, 0.25) is 5.02 Å². The van der Waals surface area contributed by atoms with Crippen LogP contribution in [0.3, 0.4) is 0 Å². The molecule has 0 heterocycles. The van der Waals surface area contributed by atoms with E-state index in [4.69, 9.17) is 22.1 Å². The Morgan fingerprint density at radius 1 is 1.19 bits per heavy atom. The van der Waals surface area contributed by atoms with Gasteiger partial charge in [0.15, 0.2) is 0 Å². The van der Waals surface area contributed by atoms with E-state index in [1.165, 1.54) is 0 Å². The Morgan fingerprint density at radius 3 is 2.62 bits per heavy atom. The molecule has 0 saturated heterocycles. The molecule has 2 aromatic carbocycles. The third kappa shape index (κ3) is 3.38. The molecule has 6 heteroatoms. The molecule has 0 aromatic heterocycles. The number of carbonyl (C=O) groups excluding carboxylic acids is 1. The van der Waals surface area contributed by atoms with Gasteiger partial charge in [-0.3, -0.25) is 4.79 Å². The first kappa shape index (κ1) is 15.0. The highest BCUT2D eigenvalue weighted by Gasteiger charge is 2.12. The lowest BCUT2D eigenvalue weighted by Gasteiger charge is -2.15. The van der Waals surface area contributed by atoms with Crippen molar-refractivity contribution in [2.45, 2.75) is 0 Å². The van der Waals surface area contributed by atoms with E-state index in [0.717, 1.165) is 0 Å². The van der Waals surface area contributed by atoms with Crippen molar-refractivity contribution in [2.24, 2.45) is 0 Å². The fourth-order valence-electron chi connectivity index (χ4n) is 1.92. The largest absolute Gasteiger partial charge is 0.495 e. The van der Waals surface area contributed by atoms with Crippen molar-refractivity contribution in [3.63, 3.8) is 0 Å². The molecule has 21 heavy (non-hydrogen) atoms. The normalized spacial score (nSPS) is 10.0. The lowest BCUT2D eigenvalue weighted by Crippen LogP contribution is -2.19. The Balaban J connectivity index is 2.44. The predicted octanol–water partition coefficient (Wildman–Crippen LogP) is 3.03. The molecule has 2 aromatic rings. The van der Waals surface area contributed by atoms with E-state index in [0.29, 0.717) is 33.4 Å². The molecule has 2 rings (SSSR count). The lowest BCUT2D eigenvalue weighted by atomic mass is 10.1. The van der Waals surface area contributed by atoms with E-state index in [1.54, 1.807) is 50.6 Å². The van der Waals surface area contributed by atoms with Gasteiger partial charge in [0.1, 0.15) is 5.75 Å². The van der Waals surface area contributed by atoms with Crippen LogP contribution in [0.5, 0.6) is 5.75 Å². The number of hydrogen-bond donors (Lipinski definition) is 3. The summed E-state index contributed by atoms with van der Waals surface area (Å²) in [5.41, 5.74) is 7.98. The molecule has 0 bridgehead atoms. The lowest BCUT2D eigenvalue weighted by molar-refractivity contribution is 0.0964. The summed E-state index contributed by atoms with van der Waals surface area (Å²) in [4.78, 5) is 11.9. The Morgan fingerprint density at radius 2 is 1.95 bits per heavy atom. The summed E-state index contributed by atoms with van der Waals surface area (Å²) in [6, 6.07) is 10.3. The molecular weight excluding hydrogens is 290 g/mol. The quantitative estimate of drug-likeness (QED) is 0.759. The van der Waals surface area contributed by atoms with Crippen molar-refractivity contribution in [2.75, 3.05) is 25.2 Å². The molecule has 0 saturated carbocycles. The van der Waals surface area contributed by atoms with Crippen molar-refractivity contribution in [3.05, 3.63) is 47.0 Å². The maximum Gasteiger partial charge on any atom is 0.253 e. The van der Waals surface area contributed by atoms with Crippen LogP contribution in [-0.2, 0) is 0 Å². The minimum atomic E-state index is -0.231. The smallest absolute Gasteiger partial charge is 0.253 e. The van der Waals surface area contributed by atoms with Gasteiger partial charge in [-0.25, -0.2) is 0 Å². The number of carbonyl (C=O) groups is 1. The first-order valence-corrected chi connectivity index (χ1v) is 6.65. The highest BCUT2D eigenvalue weighted by Crippen LogP contribution is 2.32. The van der Waals surface area contributed by atoms with Gasteiger partial charge >= 0.3 is 0 Å². The number of methoxy groups -OCH3 is 1. The SMILES string of the molecule is CNC(=O)c1cc(N)ccc1Nc1cc(Cl)ccc1OC. The zero-order chi connectivity index (χ0) is 15.4. The molecule has 0 spiro atoms. The molecule has 110 valence electrons. The van der Waals surface area contributed by atoms with Gasteiger partial charge in [0.05, 0.1) is 24.0 Å². The molecule has 0 aliphatic carbocycles. The van der Waals surface area contributed by atoms with Crippen molar-refractivity contribution in [3.8, 4) is 5.75 Å². The molecular formula is C15H16ClN3O2. The Bertz CT molecular complexity index is 674. The summed E-state index contributed by atoms with van der Waals surface area (Å²) in [7, 11) is 3.13. The van der Waals surface area contributed by atoms with Crippen LogP contribution in [0.4, 0.5) is 17.1 Å². The molecule has 0 unspecified atom stereocenters. The molecule has 0 aliphatic rings. The zero-order valence-corrected chi connectivity index (χ0v) is 12.5. The third-order valence-corrected chi connectivity index (χ3v) is 3.18. The highest BCUT2D eigenvalue weighted by molar-refractivity contribution is 6.31. The summed E-state index contributed by atoms with van der Waals surface area (Å²) in [5.74, 6) is 0.393. The Labute approximate surface area is 128 Å². The number of nitrogens with one attached hydrogen (secondary N) is 2. The van der Waals surface area contributed by atoms with Gasteiger partial charge in [-0.05, 0) is 36.4 Å². The first-order valence-electron chi connectivity index (χ1n) is 6.27. The number of nitrogen functional groups attached to an aromatic ring is 1. The number of hydrogen-bond acceptors (Lipinski definition) is 4. The number of anilines is 3. The zero-order valence-electron chi connectivity index (χ0n) is 11.7. The van der Waals surface area contributed by atoms with Crippen LogP contribution in [-0.4, -0.2) is 20.1 Å². The summed E-state index contributed by atoms with van der Waals surface area (Å²) in [5, 5.41) is 6.30. The van der Waals surface area contributed by atoms with Crippen molar-refractivity contribution >= 4 is 34.6 Å². The van der Waals surface area contributed by atoms with Crippen LogP contribution in [0, 0.1) is 0 Å². The van der Waals surface area contributed by atoms with Gasteiger partial charge in [-0.15, -0.1) is 0 Å². The van der Waals surface area contributed by atoms with Gasteiger partial charge in [-0.1, -0.05) is 11.6 Å². The number of halogens is 1. The molecule has 0 radical (unpaired) electrons. The topological polar surface area (TPSA) is 76.4 Å². The van der Waals surface area contributed by atoms with E-state index >= 15 is 0 Å². The van der Waals surface area contributed by atoms with Gasteiger partial charge in [-0.2, -0.15) is 0 Å². The maximum atomic E-state index is 11.9. The van der Waals surface area contributed by atoms with E-state index < -0.39 is 0 Å². The van der Waals surface area contributed by atoms with E-state index in [1.807, 2.05) is 0 Å². The van der Waals surface area contributed by atoms with Crippen molar-refractivity contribution in [1.29, 1.82) is 0 Å². The molecule has 1 amide bonds. The molecule has 5 nitrogen and oxygen atoms in total. The Kier molecular flexibility index (Phi) is 4.55. The fraction of sp³-hybridized carbons (Fsp3) is 0.133. The number of benzene rings is 2. The van der Waals surface area contributed by atoms with Gasteiger partial charge in [0, 0.05) is 17.8 Å². The highest BCUT2D eigenvalue weighted by atomic mass is 35.5. The number of ether oxygens (including phenoxy) is 1. The second kappa shape index (κ2) is 6.37. The predicted molar refractivity (Wildman–Crippen MR) is 85.5 cm³/mol. The van der Waals surface area contributed by atoms with Crippen LogP contribution in [0.25, 0.3) is 0 Å². The monoisotopic (exact) mass is 305 g/mol. The third-order valence-electron chi connectivity index (χ3n) is 2.95. The van der Waals surface area contributed by atoms with Gasteiger partial charge in [0.25, 0.3) is 5.91 Å². The minimum Gasteiger partial charge on any atom is -0.495 e. The summed E-state index contributed by atoms with van der Waals surface area (Å²) in [6.07, 6.45) is 0. The van der Waals surface area contributed by atoms with Gasteiger partial charge < -0.3 is 21.1 Å². The second-order valence-corrected chi connectivity index (χ2v) is 4.79. The van der Waals surface area contributed by atoms with Crippen LogP contribution in [0.1, 0.15) is 10.4 Å². The summed E-state index contributed by atoms with van der Waals surface area (Å²) >= 11 is 6.00. The molecule has 0 fully saturated rings. The average Bonchev–Trinajstić information content (AvgIpc) is 2.48. The molecule has 0 atom stereocenters. The average molecular weight is 306 g/mol. The molecule has 0 aliphatic heterocycles. The molecule has 4 N–H and O–H groups in total. The number of rotatable bonds is 4. The van der Waals surface area contributed by atoms with Crippen molar-refractivity contribution < 1.29 is 9.53 Å². The van der Waals surface area contributed by atoms with Crippen LogP contribution >= 0.6 is 11.6 Å². The summed E-state index contributed by atoms with van der Waals surface area (Å²) in [6.45, 7) is 0. The maximum absolute atomic E-state index is 11.9. The number of amides is 1. The fourth-order valence-corrected chi connectivity index (χ4v) is 2.09. The van der Waals surface area contributed by atoms with Crippen LogP contribution < -0.4 is 21.1 Å². The van der Waals surface area contributed by atoms with Crippen LogP contribution in [0.15, 0.2) is 36.4 Å². The van der Waals surface area contributed by atoms with Gasteiger partial charge in [0.2, 0.25) is 0 Å².